The van der Waals surface area contributed by atoms with Crippen LogP contribution in [0.4, 0.5) is 0 Å². The first-order chi connectivity index (χ1) is 11.7. The van der Waals surface area contributed by atoms with E-state index >= 15 is 0 Å². The Labute approximate surface area is 140 Å². The summed E-state index contributed by atoms with van der Waals surface area (Å²) in [6, 6.07) is 16.6. The topological polar surface area (TPSA) is 64.3 Å². The molecule has 0 aliphatic rings. The summed E-state index contributed by atoms with van der Waals surface area (Å²) < 4.78 is 6.62. The van der Waals surface area contributed by atoms with Crippen LogP contribution in [-0.4, -0.2) is 27.7 Å². The first-order valence-electron chi connectivity index (χ1n) is 7.62. The van der Waals surface area contributed by atoms with E-state index in [-0.39, 0.29) is 5.97 Å². The highest BCUT2D eigenvalue weighted by atomic mass is 16.5. The molecule has 122 valence electrons. The van der Waals surface area contributed by atoms with Crippen LogP contribution in [-0.2, 0) is 11.3 Å². The van der Waals surface area contributed by atoms with Gasteiger partial charge in [-0.25, -0.2) is 9.78 Å². The van der Waals surface area contributed by atoms with Gasteiger partial charge in [0.05, 0.1) is 25.3 Å². The number of nitrogens with zero attached hydrogens (tertiary/aromatic N) is 2. The van der Waals surface area contributed by atoms with E-state index in [4.69, 9.17) is 4.74 Å². The highest BCUT2D eigenvalue weighted by Crippen LogP contribution is 2.22. The van der Waals surface area contributed by atoms with Gasteiger partial charge in [-0.15, -0.1) is 0 Å². The van der Waals surface area contributed by atoms with Gasteiger partial charge in [-0.05, 0) is 17.7 Å². The van der Waals surface area contributed by atoms with E-state index in [0.717, 1.165) is 11.1 Å². The predicted molar refractivity (Wildman–Crippen MR) is 90.4 cm³/mol. The van der Waals surface area contributed by atoms with Crippen molar-refractivity contribution in [1.82, 2.24) is 9.55 Å². The smallest absolute Gasteiger partial charge is 0.337 e. The third kappa shape index (κ3) is 3.36. The number of hydrogen-bond donors (Lipinski definition) is 1. The maximum Gasteiger partial charge on any atom is 0.337 e. The molecule has 5 nitrogen and oxygen atoms in total. The summed E-state index contributed by atoms with van der Waals surface area (Å²) in [4.78, 5) is 16.1. The van der Waals surface area contributed by atoms with Crippen molar-refractivity contribution in [3.8, 4) is 11.4 Å². The number of ether oxygens (including phenoxy) is 1. The molecule has 0 aliphatic carbocycles. The summed E-state index contributed by atoms with van der Waals surface area (Å²) in [5, 5.41) is 10.4. The second kappa shape index (κ2) is 7.10. The molecule has 0 saturated heterocycles. The molecule has 1 heterocycles. The number of aliphatic hydroxyl groups is 1. The number of hydrogen-bond acceptors (Lipinski definition) is 4. The number of carbonyl (C=O) groups excluding carboxylic acids is 1. The highest BCUT2D eigenvalue weighted by molar-refractivity contribution is 5.90. The Bertz CT molecular complexity index is 827. The number of carbonyl (C=O) groups is 1. The molecule has 0 amide bonds. The van der Waals surface area contributed by atoms with Gasteiger partial charge in [0.15, 0.2) is 0 Å². The second-order valence-electron chi connectivity index (χ2n) is 5.40. The van der Waals surface area contributed by atoms with Crippen LogP contribution in [0.2, 0.25) is 0 Å². The van der Waals surface area contributed by atoms with Crippen LogP contribution in [0, 0.1) is 0 Å². The van der Waals surface area contributed by atoms with E-state index < -0.39 is 6.10 Å². The third-order valence-electron chi connectivity index (χ3n) is 3.81. The maximum atomic E-state index is 11.7. The fraction of sp³-hybridized carbons (Fsp3) is 0.158. The van der Waals surface area contributed by atoms with Crippen LogP contribution < -0.4 is 0 Å². The molecule has 3 rings (SSSR count). The van der Waals surface area contributed by atoms with Crippen LogP contribution >= 0.6 is 0 Å². The van der Waals surface area contributed by atoms with Crippen LogP contribution in [0.25, 0.3) is 11.4 Å². The molecule has 0 aliphatic heterocycles. The van der Waals surface area contributed by atoms with Gasteiger partial charge in [0.25, 0.3) is 0 Å². The lowest BCUT2D eigenvalue weighted by atomic mass is 10.1. The monoisotopic (exact) mass is 322 g/mol. The number of imidazole rings is 1. The normalized spacial score (nSPS) is 11.9. The van der Waals surface area contributed by atoms with Crippen LogP contribution in [0.3, 0.4) is 0 Å². The molecular weight excluding hydrogens is 304 g/mol. The van der Waals surface area contributed by atoms with Gasteiger partial charge in [-0.1, -0.05) is 42.5 Å². The summed E-state index contributed by atoms with van der Waals surface area (Å²) >= 11 is 0. The van der Waals surface area contributed by atoms with Crippen molar-refractivity contribution in [2.24, 2.45) is 0 Å². The Morgan fingerprint density at radius 2 is 2.00 bits per heavy atom. The Balaban J connectivity index is 1.87. The third-order valence-corrected chi connectivity index (χ3v) is 3.81. The standard InChI is InChI=1S/C19H18N2O3/c1-24-19(23)16-9-5-8-15(12-16)18-20-10-11-21(18)13-17(22)14-6-3-2-4-7-14/h2-12,17,22H,13H2,1H3. The van der Waals surface area contributed by atoms with Gasteiger partial charge in [0.1, 0.15) is 5.82 Å². The number of aromatic nitrogens is 2. The summed E-state index contributed by atoms with van der Waals surface area (Å²) in [5.41, 5.74) is 2.11. The van der Waals surface area contributed by atoms with Crippen molar-refractivity contribution < 1.29 is 14.6 Å². The molecule has 0 fully saturated rings. The van der Waals surface area contributed by atoms with Gasteiger partial charge in [-0.2, -0.15) is 0 Å². The minimum atomic E-state index is -0.636. The van der Waals surface area contributed by atoms with Crippen LogP contribution in [0.5, 0.6) is 0 Å². The zero-order chi connectivity index (χ0) is 16.9. The van der Waals surface area contributed by atoms with Gasteiger partial charge in [-0.3, -0.25) is 0 Å². The molecule has 3 aromatic rings. The van der Waals surface area contributed by atoms with Crippen LogP contribution in [0.1, 0.15) is 22.0 Å². The molecule has 0 bridgehead atoms. The Morgan fingerprint density at radius 1 is 1.21 bits per heavy atom. The Kier molecular flexibility index (Phi) is 4.72. The van der Waals surface area contributed by atoms with Crippen molar-refractivity contribution in [2.75, 3.05) is 7.11 Å². The zero-order valence-electron chi connectivity index (χ0n) is 13.3. The lowest BCUT2D eigenvalue weighted by Gasteiger charge is -2.14. The lowest BCUT2D eigenvalue weighted by molar-refractivity contribution is 0.0600. The van der Waals surface area contributed by atoms with E-state index in [1.54, 1.807) is 24.4 Å². The summed E-state index contributed by atoms with van der Waals surface area (Å²) in [6.07, 6.45) is 2.85. The van der Waals surface area contributed by atoms with E-state index in [1.807, 2.05) is 47.2 Å². The molecular formula is C19H18N2O3. The fourth-order valence-corrected chi connectivity index (χ4v) is 2.59. The molecule has 1 atom stereocenters. The number of methoxy groups -OCH3 is 1. The largest absolute Gasteiger partial charge is 0.465 e. The zero-order valence-corrected chi connectivity index (χ0v) is 13.3. The number of esters is 1. The fourth-order valence-electron chi connectivity index (χ4n) is 2.59. The van der Waals surface area contributed by atoms with E-state index in [1.165, 1.54) is 7.11 Å². The summed E-state index contributed by atoms with van der Waals surface area (Å²) in [5.74, 6) is 0.301. The van der Waals surface area contributed by atoms with Gasteiger partial charge in [0.2, 0.25) is 0 Å². The quantitative estimate of drug-likeness (QED) is 0.733. The predicted octanol–water partition coefficient (Wildman–Crippen LogP) is 3.07. The molecule has 24 heavy (non-hydrogen) atoms. The minimum absolute atomic E-state index is 0.377. The van der Waals surface area contributed by atoms with Crippen molar-refractivity contribution >= 4 is 5.97 Å². The second-order valence-corrected chi connectivity index (χ2v) is 5.40. The maximum absolute atomic E-state index is 11.7. The summed E-state index contributed by atoms with van der Waals surface area (Å²) in [7, 11) is 1.35. The Morgan fingerprint density at radius 3 is 2.75 bits per heavy atom. The van der Waals surface area contributed by atoms with Crippen molar-refractivity contribution in [3.63, 3.8) is 0 Å². The molecule has 0 spiro atoms. The molecule has 1 N–H and O–H groups in total. The highest BCUT2D eigenvalue weighted by Gasteiger charge is 2.14. The van der Waals surface area contributed by atoms with E-state index in [9.17, 15) is 9.90 Å². The number of rotatable bonds is 5. The van der Waals surface area contributed by atoms with E-state index in [0.29, 0.717) is 17.9 Å². The molecule has 2 aromatic carbocycles. The average molecular weight is 322 g/mol. The molecule has 5 heteroatoms. The lowest BCUT2D eigenvalue weighted by Crippen LogP contribution is -2.09. The van der Waals surface area contributed by atoms with Crippen molar-refractivity contribution in [1.29, 1.82) is 0 Å². The van der Waals surface area contributed by atoms with Crippen LogP contribution in [0.15, 0.2) is 67.0 Å². The first kappa shape index (κ1) is 16.0. The number of benzene rings is 2. The minimum Gasteiger partial charge on any atom is -0.465 e. The number of aliphatic hydroxyl groups excluding tert-OH is 1. The summed E-state index contributed by atoms with van der Waals surface area (Å²) in [6.45, 7) is 0.377. The van der Waals surface area contributed by atoms with Gasteiger partial charge in [0, 0.05) is 18.0 Å². The molecule has 1 unspecified atom stereocenters. The van der Waals surface area contributed by atoms with Gasteiger partial charge < -0.3 is 14.4 Å². The van der Waals surface area contributed by atoms with E-state index in [2.05, 4.69) is 4.98 Å². The molecule has 0 radical (unpaired) electrons. The SMILES string of the molecule is COC(=O)c1cccc(-c2nccn2CC(O)c2ccccc2)c1. The molecule has 0 saturated carbocycles. The van der Waals surface area contributed by atoms with Gasteiger partial charge >= 0.3 is 5.97 Å². The molecule has 1 aromatic heterocycles. The first-order valence-corrected chi connectivity index (χ1v) is 7.62. The Hall–Kier alpha value is -2.92. The average Bonchev–Trinajstić information content (AvgIpc) is 3.10. The van der Waals surface area contributed by atoms with Crippen molar-refractivity contribution in [2.45, 2.75) is 12.6 Å². The van der Waals surface area contributed by atoms with Crippen molar-refractivity contribution in [3.05, 3.63) is 78.1 Å².